The van der Waals surface area contributed by atoms with Crippen LogP contribution in [0.5, 0.6) is 5.88 Å². The third-order valence-corrected chi connectivity index (χ3v) is 5.95. The highest BCUT2D eigenvalue weighted by Crippen LogP contribution is 2.30. The molecule has 1 amide bonds. The van der Waals surface area contributed by atoms with E-state index in [1.54, 1.807) is 20.8 Å². The number of esters is 2. The zero-order valence-electron chi connectivity index (χ0n) is 23.9. The van der Waals surface area contributed by atoms with Crippen LogP contribution in [-0.4, -0.2) is 57.3 Å². The van der Waals surface area contributed by atoms with Crippen LogP contribution in [0.15, 0.2) is 59.7 Å². The Labute approximate surface area is 249 Å². The Hall–Kier alpha value is -5.86. The van der Waals surface area contributed by atoms with Crippen molar-refractivity contribution in [2.75, 3.05) is 25.1 Å². The Morgan fingerprint density at radius 3 is 2.25 bits per heavy atom. The first-order valence-corrected chi connectivity index (χ1v) is 13.4. The molecule has 0 bridgehead atoms. The van der Waals surface area contributed by atoms with Crippen LogP contribution in [0.2, 0.25) is 0 Å². The number of hydrogen-bond donors (Lipinski definition) is 1. The minimum atomic E-state index is -0.882. The molecule has 0 atom stereocenters. The van der Waals surface area contributed by atoms with E-state index in [4.69, 9.17) is 18.9 Å². The average molecular weight is 606 g/mol. The highest BCUT2D eigenvalue weighted by atomic mass is 16.6. The number of nitro groups is 1. The third-order valence-electron chi connectivity index (χ3n) is 5.95. The fourth-order valence-corrected chi connectivity index (χ4v) is 3.98. The van der Waals surface area contributed by atoms with E-state index < -0.39 is 35.0 Å². The van der Waals surface area contributed by atoms with Crippen LogP contribution in [-0.2, 0) is 20.8 Å². The van der Waals surface area contributed by atoms with Crippen molar-refractivity contribution in [1.29, 1.82) is 0 Å². The number of benzene rings is 2. The van der Waals surface area contributed by atoms with Gasteiger partial charge in [0.2, 0.25) is 11.6 Å². The summed E-state index contributed by atoms with van der Waals surface area (Å²) in [5.41, 5.74) is -0.193. The van der Waals surface area contributed by atoms with Crippen molar-refractivity contribution in [3.8, 4) is 11.6 Å². The normalized spacial score (nSPS) is 10.6. The second-order valence-corrected chi connectivity index (χ2v) is 8.86. The van der Waals surface area contributed by atoms with Crippen molar-refractivity contribution in [3.05, 3.63) is 92.0 Å². The Balaban J connectivity index is 1.61. The van der Waals surface area contributed by atoms with Crippen molar-refractivity contribution < 1.29 is 38.3 Å². The van der Waals surface area contributed by atoms with Crippen LogP contribution in [0.3, 0.4) is 0 Å². The maximum Gasteiger partial charge on any atom is 0.411 e. The molecular formula is C29H27N5O10. The van der Waals surface area contributed by atoms with Gasteiger partial charge < -0.3 is 23.5 Å². The van der Waals surface area contributed by atoms with Crippen LogP contribution in [0.4, 0.5) is 16.2 Å². The predicted octanol–water partition coefficient (Wildman–Crippen LogP) is 4.19. The molecule has 4 aromatic rings. The lowest BCUT2D eigenvalue weighted by Gasteiger charge is -2.13. The Bertz CT molecular complexity index is 1790. The van der Waals surface area contributed by atoms with E-state index >= 15 is 0 Å². The number of ether oxygens (including phenoxy) is 4. The van der Waals surface area contributed by atoms with Gasteiger partial charge in [-0.1, -0.05) is 0 Å². The first-order valence-electron chi connectivity index (χ1n) is 13.4. The number of anilines is 1. The molecule has 4 rings (SSSR count). The van der Waals surface area contributed by atoms with Gasteiger partial charge in [0.1, 0.15) is 12.3 Å². The number of amides is 1. The molecule has 0 spiro atoms. The van der Waals surface area contributed by atoms with Gasteiger partial charge in [0, 0.05) is 30.2 Å². The zero-order valence-corrected chi connectivity index (χ0v) is 23.9. The van der Waals surface area contributed by atoms with Gasteiger partial charge in [-0.25, -0.2) is 24.4 Å². The summed E-state index contributed by atoms with van der Waals surface area (Å²) in [6.07, 6.45) is 1.71. The number of hydrogen-bond acceptors (Lipinski definition) is 12. The van der Waals surface area contributed by atoms with Crippen LogP contribution < -0.4 is 15.5 Å². The van der Waals surface area contributed by atoms with Crippen molar-refractivity contribution in [2.24, 2.45) is 0 Å². The number of rotatable bonds is 11. The number of nitrogens with zero attached hydrogens (tertiary/aromatic N) is 4. The number of aromatic nitrogens is 3. The number of fused-ring (bicyclic) bond motifs is 1. The largest absolute Gasteiger partial charge is 0.476 e. The van der Waals surface area contributed by atoms with Gasteiger partial charge in [0.05, 0.1) is 46.9 Å². The highest BCUT2D eigenvalue weighted by Gasteiger charge is 2.23. The summed E-state index contributed by atoms with van der Waals surface area (Å²) in [5.74, 6) is -1.41. The third kappa shape index (κ3) is 7.13. The van der Waals surface area contributed by atoms with Gasteiger partial charge in [-0.2, -0.15) is 0 Å². The Morgan fingerprint density at radius 2 is 1.59 bits per heavy atom. The molecule has 15 heteroatoms. The lowest BCUT2D eigenvalue weighted by Crippen LogP contribution is -2.18. The molecule has 228 valence electrons. The summed E-state index contributed by atoms with van der Waals surface area (Å²) in [5, 5.41) is 14.5. The minimum Gasteiger partial charge on any atom is -0.476 e. The van der Waals surface area contributed by atoms with E-state index in [9.17, 15) is 29.3 Å². The predicted molar refractivity (Wildman–Crippen MR) is 155 cm³/mol. The standard InChI is InChI=1S/C29H27N5O10/c1-4-41-26-25(28(37)43-6-3)31-20-13-22(23(34(39)40)14-21(20)32-26)33-12-11-24(35)18(15-33)16-44-29(38)30-19-9-7-17(8-10-19)27(36)42-5-2/h7-15H,4-6,16H2,1-3H3,(H,30,38). The Kier molecular flexibility index (Phi) is 9.80. The summed E-state index contributed by atoms with van der Waals surface area (Å²) >= 11 is 0. The molecule has 0 saturated heterocycles. The number of pyridine rings is 1. The smallest absolute Gasteiger partial charge is 0.411 e. The van der Waals surface area contributed by atoms with Crippen molar-refractivity contribution in [1.82, 2.24) is 14.5 Å². The molecule has 2 heterocycles. The number of nitrogens with one attached hydrogen (secondary N) is 1. The SMILES string of the molecule is CCOC(=O)c1ccc(NC(=O)OCc2cn(-c3cc4nc(C(=O)OCC)c(OCC)nc4cc3[N+](=O)[O-])ccc2=O)cc1. The monoisotopic (exact) mass is 605 g/mol. The molecule has 2 aromatic heterocycles. The van der Waals surface area contributed by atoms with Gasteiger partial charge >= 0.3 is 18.0 Å². The molecule has 0 radical (unpaired) electrons. The fourth-order valence-electron chi connectivity index (χ4n) is 3.98. The minimum absolute atomic E-state index is 0.00293. The maximum absolute atomic E-state index is 12.5. The lowest BCUT2D eigenvalue weighted by molar-refractivity contribution is -0.384. The van der Waals surface area contributed by atoms with Crippen LogP contribution >= 0.6 is 0 Å². The summed E-state index contributed by atoms with van der Waals surface area (Å²) in [4.78, 5) is 69.1. The van der Waals surface area contributed by atoms with Crippen LogP contribution in [0, 0.1) is 10.1 Å². The van der Waals surface area contributed by atoms with E-state index in [2.05, 4.69) is 15.3 Å². The molecule has 0 aliphatic carbocycles. The number of carbonyl (C=O) groups is 3. The lowest BCUT2D eigenvalue weighted by atomic mass is 10.2. The van der Waals surface area contributed by atoms with Gasteiger partial charge in [0.15, 0.2) is 5.43 Å². The summed E-state index contributed by atoms with van der Waals surface area (Å²) in [7, 11) is 0. The first kappa shape index (κ1) is 31.1. The Morgan fingerprint density at radius 1 is 0.909 bits per heavy atom. The first-order chi connectivity index (χ1) is 21.1. The molecule has 44 heavy (non-hydrogen) atoms. The number of carbonyl (C=O) groups excluding carboxylic acids is 3. The average Bonchev–Trinajstić information content (AvgIpc) is 3.00. The molecule has 0 aliphatic rings. The van der Waals surface area contributed by atoms with Gasteiger partial charge in [-0.15, -0.1) is 0 Å². The second kappa shape index (κ2) is 13.9. The topological polar surface area (TPSA) is 191 Å². The molecule has 0 fully saturated rings. The number of nitro benzene ring substituents is 1. The van der Waals surface area contributed by atoms with Gasteiger partial charge in [-0.3, -0.25) is 20.2 Å². The van der Waals surface area contributed by atoms with Gasteiger partial charge in [-0.05, 0) is 51.1 Å². The van der Waals surface area contributed by atoms with Crippen LogP contribution in [0.1, 0.15) is 47.2 Å². The molecule has 2 aromatic carbocycles. The highest BCUT2D eigenvalue weighted by molar-refractivity contribution is 5.93. The van der Waals surface area contributed by atoms with Crippen molar-refractivity contribution in [2.45, 2.75) is 27.4 Å². The summed E-state index contributed by atoms with van der Waals surface area (Å²) < 4.78 is 21.9. The van der Waals surface area contributed by atoms with E-state index in [1.807, 2.05) is 0 Å². The molecule has 0 saturated carbocycles. The van der Waals surface area contributed by atoms with Crippen molar-refractivity contribution in [3.63, 3.8) is 0 Å². The summed E-state index contributed by atoms with van der Waals surface area (Å²) in [6, 6.07) is 9.57. The van der Waals surface area contributed by atoms with Crippen molar-refractivity contribution >= 4 is 40.4 Å². The molecule has 0 unspecified atom stereocenters. The molecule has 1 N–H and O–H groups in total. The van der Waals surface area contributed by atoms with E-state index in [-0.39, 0.29) is 59.4 Å². The van der Waals surface area contributed by atoms with E-state index in [0.717, 1.165) is 6.07 Å². The molecular weight excluding hydrogens is 578 g/mol. The molecule has 15 nitrogen and oxygen atoms in total. The van der Waals surface area contributed by atoms with E-state index in [1.165, 1.54) is 53.4 Å². The van der Waals surface area contributed by atoms with Crippen LogP contribution in [0.25, 0.3) is 16.7 Å². The van der Waals surface area contributed by atoms with E-state index in [0.29, 0.717) is 11.3 Å². The fraction of sp³-hybridized carbons (Fsp3) is 0.241. The molecule has 0 aliphatic heterocycles. The maximum atomic E-state index is 12.5. The summed E-state index contributed by atoms with van der Waals surface area (Å²) in [6.45, 7) is 4.99. The second-order valence-electron chi connectivity index (χ2n) is 8.86. The quantitative estimate of drug-likeness (QED) is 0.111. The van der Waals surface area contributed by atoms with Gasteiger partial charge in [0.25, 0.3) is 5.69 Å². The zero-order chi connectivity index (χ0) is 31.8.